The normalized spacial score (nSPS) is 11.0. The Kier molecular flexibility index (Phi) is 5.58. The van der Waals surface area contributed by atoms with Crippen molar-refractivity contribution in [2.75, 3.05) is 12.4 Å². The first-order valence-electron chi connectivity index (χ1n) is 7.79. The summed E-state index contributed by atoms with van der Waals surface area (Å²) < 4.78 is 4.82. The van der Waals surface area contributed by atoms with Crippen molar-refractivity contribution in [3.05, 3.63) is 58.9 Å². The number of rotatable bonds is 5. The zero-order valence-corrected chi connectivity index (χ0v) is 14.3. The van der Waals surface area contributed by atoms with Gasteiger partial charge in [-0.15, -0.1) is 0 Å². The maximum Gasteiger partial charge on any atom is 0.355 e. The van der Waals surface area contributed by atoms with E-state index in [1.165, 1.54) is 13.2 Å². The van der Waals surface area contributed by atoms with E-state index in [0.29, 0.717) is 11.3 Å². The number of hydrogen-bond donors (Lipinski definition) is 2. The number of benzene rings is 1. The number of aromatic amines is 1. The molecule has 0 spiro atoms. The molecule has 1 amide bonds. The summed E-state index contributed by atoms with van der Waals surface area (Å²) in [5, 5.41) is 2.78. The Hall–Kier alpha value is -2.82. The van der Waals surface area contributed by atoms with Crippen molar-refractivity contribution in [3.63, 3.8) is 0 Å². The van der Waals surface area contributed by atoms with Crippen LogP contribution in [0.25, 0.3) is 6.08 Å². The van der Waals surface area contributed by atoms with Gasteiger partial charge in [0, 0.05) is 23.0 Å². The van der Waals surface area contributed by atoms with Crippen LogP contribution in [0, 0.1) is 6.92 Å². The Labute approximate surface area is 141 Å². The minimum absolute atomic E-state index is 0.205. The molecule has 0 radical (unpaired) electrons. The molecule has 5 heteroatoms. The van der Waals surface area contributed by atoms with Crippen molar-refractivity contribution in [2.45, 2.75) is 26.7 Å². The van der Waals surface area contributed by atoms with Gasteiger partial charge in [-0.1, -0.05) is 32.0 Å². The van der Waals surface area contributed by atoms with Crippen LogP contribution >= 0.6 is 0 Å². The van der Waals surface area contributed by atoms with E-state index < -0.39 is 5.97 Å². The molecule has 0 aliphatic carbocycles. The Morgan fingerprint density at radius 1 is 1.21 bits per heavy atom. The Morgan fingerprint density at radius 2 is 1.88 bits per heavy atom. The number of methoxy groups -OCH3 is 1. The highest BCUT2D eigenvalue weighted by Gasteiger charge is 2.21. The molecule has 24 heavy (non-hydrogen) atoms. The largest absolute Gasteiger partial charge is 0.464 e. The zero-order valence-electron chi connectivity index (χ0n) is 14.3. The standard InChI is InChI=1S/C19H22N2O3/c1-12(2)17-13(3)20-18(19(23)24-4)15(17)10-11-16(22)21-14-8-6-5-7-9-14/h5-12,20H,1-4H3,(H,21,22)/b11-10+. The van der Waals surface area contributed by atoms with Gasteiger partial charge in [-0.25, -0.2) is 4.79 Å². The molecule has 0 fully saturated rings. The first-order valence-corrected chi connectivity index (χ1v) is 7.79. The van der Waals surface area contributed by atoms with Crippen molar-refractivity contribution in [1.29, 1.82) is 0 Å². The molecule has 1 heterocycles. The van der Waals surface area contributed by atoms with Gasteiger partial charge in [0.05, 0.1) is 7.11 Å². The summed E-state index contributed by atoms with van der Waals surface area (Å²) in [4.78, 5) is 27.1. The number of hydrogen-bond acceptors (Lipinski definition) is 3. The van der Waals surface area contributed by atoms with Crippen LogP contribution in [0.1, 0.15) is 47.1 Å². The highest BCUT2D eigenvalue weighted by atomic mass is 16.5. The molecule has 2 N–H and O–H groups in total. The van der Waals surface area contributed by atoms with Crippen LogP contribution in [0.15, 0.2) is 36.4 Å². The van der Waals surface area contributed by atoms with Gasteiger partial charge in [-0.2, -0.15) is 0 Å². The van der Waals surface area contributed by atoms with Crippen molar-refractivity contribution in [2.24, 2.45) is 0 Å². The lowest BCUT2D eigenvalue weighted by atomic mass is 9.97. The molecule has 5 nitrogen and oxygen atoms in total. The number of carbonyl (C=O) groups excluding carboxylic acids is 2. The highest BCUT2D eigenvalue weighted by Crippen LogP contribution is 2.28. The van der Waals surface area contributed by atoms with E-state index in [0.717, 1.165) is 16.9 Å². The van der Waals surface area contributed by atoms with Gasteiger partial charge >= 0.3 is 5.97 Å². The fraction of sp³-hybridized carbons (Fsp3) is 0.263. The lowest BCUT2D eigenvalue weighted by molar-refractivity contribution is -0.111. The summed E-state index contributed by atoms with van der Waals surface area (Å²) in [6.07, 6.45) is 3.08. The van der Waals surface area contributed by atoms with Gasteiger partial charge in [0.15, 0.2) is 0 Å². The third-order valence-electron chi connectivity index (χ3n) is 3.69. The number of aromatic nitrogens is 1. The monoisotopic (exact) mass is 326 g/mol. The van der Waals surface area contributed by atoms with E-state index in [9.17, 15) is 9.59 Å². The second-order valence-corrected chi connectivity index (χ2v) is 5.79. The third-order valence-corrected chi connectivity index (χ3v) is 3.69. The first-order chi connectivity index (χ1) is 11.4. The van der Waals surface area contributed by atoms with Gasteiger partial charge in [-0.3, -0.25) is 4.79 Å². The number of esters is 1. The van der Waals surface area contributed by atoms with Gasteiger partial charge < -0.3 is 15.0 Å². The Morgan fingerprint density at radius 3 is 2.46 bits per heavy atom. The third kappa shape index (κ3) is 3.93. The first kappa shape index (κ1) is 17.5. The van der Waals surface area contributed by atoms with Gasteiger partial charge in [0.1, 0.15) is 5.69 Å². The van der Waals surface area contributed by atoms with E-state index >= 15 is 0 Å². The minimum atomic E-state index is -0.451. The second kappa shape index (κ2) is 7.64. The summed E-state index contributed by atoms with van der Waals surface area (Å²) in [5.41, 5.74) is 3.67. The number of H-pyrrole nitrogens is 1. The molecule has 1 aromatic heterocycles. The number of aryl methyl sites for hydroxylation is 1. The van der Waals surface area contributed by atoms with E-state index in [2.05, 4.69) is 10.3 Å². The summed E-state index contributed by atoms with van der Waals surface area (Å²) >= 11 is 0. The van der Waals surface area contributed by atoms with Crippen molar-refractivity contribution in [3.8, 4) is 0 Å². The predicted octanol–water partition coefficient (Wildman–Crippen LogP) is 3.89. The number of para-hydroxylation sites is 1. The predicted molar refractivity (Wildman–Crippen MR) is 95.1 cm³/mol. The van der Waals surface area contributed by atoms with Gasteiger partial charge in [0.25, 0.3) is 0 Å². The molecular weight excluding hydrogens is 304 g/mol. The molecular formula is C19H22N2O3. The lowest BCUT2D eigenvalue weighted by Crippen LogP contribution is -2.08. The van der Waals surface area contributed by atoms with Crippen LogP contribution in [0.5, 0.6) is 0 Å². The summed E-state index contributed by atoms with van der Waals surface area (Å²) in [7, 11) is 1.34. The molecule has 1 aromatic carbocycles. The Bertz CT molecular complexity index is 758. The molecule has 0 atom stereocenters. The minimum Gasteiger partial charge on any atom is -0.464 e. The smallest absolute Gasteiger partial charge is 0.355 e. The van der Waals surface area contributed by atoms with Crippen LogP contribution in [0.4, 0.5) is 5.69 Å². The second-order valence-electron chi connectivity index (χ2n) is 5.79. The SMILES string of the molecule is COC(=O)c1[nH]c(C)c(C(C)C)c1/C=C/C(=O)Nc1ccccc1. The molecule has 2 aromatic rings. The van der Waals surface area contributed by atoms with Crippen LogP contribution in [0.3, 0.4) is 0 Å². The Balaban J connectivity index is 2.30. The molecule has 126 valence electrons. The molecule has 2 rings (SSSR count). The van der Waals surface area contributed by atoms with Crippen molar-refractivity contribution in [1.82, 2.24) is 4.98 Å². The zero-order chi connectivity index (χ0) is 17.7. The van der Waals surface area contributed by atoms with E-state index in [1.54, 1.807) is 6.08 Å². The fourth-order valence-electron chi connectivity index (χ4n) is 2.70. The number of amides is 1. The summed E-state index contributed by atoms with van der Waals surface area (Å²) in [6, 6.07) is 9.20. The molecule has 0 bridgehead atoms. The van der Waals surface area contributed by atoms with Crippen LogP contribution in [-0.4, -0.2) is 24.0 Å². The lowest BCUT2D eigenvalue weighted by Gasteiger charge is -2.07. The summed E-state index contributed by atoms with van der Waals surface area (Å²) in [6.45, 7) is 5.99. The van der Waals surface area contributed by atoms with Crippen molar-refractivity contribution < 1.29 is 14.3 Å². The van der Waals surface area contributed by atoms with Crippen LogP contribution in [0.2, 0.25) is 0 Å². The molecule has 0 aliphatic heterocycles. The molecule has 0 saturated carbocycles. The molecule has 0 aliphatic rings. The highest BCUT2D eigenvalue weighted by molar-refractivity contribution is 6.03. The average Bonchev–Trinajstić information content (AvgIpc) is 2.89. The van der Waals surface area contributed by atoms with Gasteiger partial charge in [-0.05, 0) is 36.6 Å². The van der Waals surface area contributed by atoms with E-state index in [-0.39, 0.29) is 11.8 Å². The average molecular weight is 326 g/mol. The quantitative estimate of drug-likeness (QED) is 0.647. The van der Waals surface area contributed by atoms with Gasteiger partial charge in [0.2, 0.25) is 5.91 Å². The topological polar surface area (TPSA) is 71.2 Å². The molecule has 0 unspecified atom stereocenters. The van der Waals surface area contributed by atoms with Crippen LogP contribution < -0.4 is 5.32 Å². The number of carbonyl (C=O) groups is 2. The number of ether oxygens (including phenoxy) is 1. The number of anilines is 1. The van der Waals surface area contributed by atoms with E-state index in [1.807, 2.05) is 51.1 Å². The summed E-state index contributed by atoms with van der Waals surface area (Å²) in [5.74, 6) is -0.504. The number of nitrogens with one attached hydrogen (secondary N) is 2. The maximum atomic E-state index is 12.1. The fourth-order valence-corrected chi connectivity index (χ4v) is 2.70. The molecule has 0 saturated heterocycles. The van der Waals surface area contributed by atoms with Crippen molar-refractivity contribution >= 4 is 23.6 Å². The van der Waals surface area contributed by atoms with Crippen LogP contribution in [-0.2, 0) is 9.53 Å². The van der Waals surface area contributed by atoms with E-state index in [4.69, 9.17) is 4.74 Å². The maximum absolute atomic E-state index is 12.1.